The number of hydrogen-bond donors (Lipinski definition) is 2. The van der Waals surface area contributed by atoms with Crippen LogP contribution in [0.25, 0.3) is 0 Å². The Morgan fingerprint density at radius 1 is 1.24 bits per heavy atom. The fourth-order valence-electron chi connectivity index (χ4n) is 2.21. The quantitative estimate of drug-likeness (QED) is 0.691. The SMILES string of the molecule is CC(CNCCC(C)(C)C)CN1CCNCC1. The summed E-state index contributed by atoms with van der Waals surface area (Å²) in [6.07, 6.45) is 1.26. The van der Waals surface area contributed by atoms with Crippen LogP contribution in [0.1, 0.15) is 34.1 Å². The number of piperazine rings is 1. The molecule has 102 valence electrons. The lowest BCUT2D eigenvalue weighted by Crippen LogP contribution is -2.46. The van der Waals surface area contributed by atoms with Crippen molar-refractivity contribution in [1.29, 1.82) is 0 Å². The van der Waals surface area contributed by atoms with Gasteiger partial charge in [0.25, 0.3) is 0 Å². The van der Waals surface area contributed by atoms with Crippen LogP contribution in [-0.4, -0.2) is 50.7 Å². The van der Waals surface area contributed by atoms with Crippen molar-refractivity contribution in [2.45, 2.75) is 34.1 Å². The lowest BCUT2D eigenvalue weighted by molar-refractivity contribution is 0.208. The molecule has 0 spiro atoms. The molecule has 0 aliphatic carbocycles. The number of hydrogen-bond acceptors (Lipinski definition) is 3. The molecule has 0 saturated carbocycles. The van der Waals surface area contributed by atoms with Gasteiger partial charge in [0.1, 0.15) is 0 Å². The van der Waals surface area contributed by atoms with Gasteiger partial charge in [0.05, 0.1) is 0 Å². The zero-order valence-electron chi connectivity index (χ0n) is 12.2. The summed E-state index contributed by atoms with van der Waals surface area (Å²) in [6, 6.07) is 0. The standard InChI is InChI=1S/C14H31N3/c1-13(11-16-6-5-14(2,3)4)12-17-9-7-15-8-10-17/h13,15-16H,5-12H2,1-4H3. The van der Waals surface area contributed by atoms with Gasteiger partial charge in [-0.1, -0.05) is 27.7 Å². The average molecular weight is 241 g/mol. The van der Waals surface area contributed by atoms with Gasteiger partial charge in [-0.05, 0) is 30.8 Å². The summed E-state index contributed by atoms with van der Waals surface area (Å²) in [4.78, 5) is 2.58. The minimum atomic E-state index is 0.453. The van der Waals surface area contributed by atoms with Gasteiger partial charge in [0, 0.05) is 32.7 Å². The molecule has 2 N–H and O–H groups in total. The second-order valence-corrected chi connectivity index (χ2v) is 6.67. The van der Waals surface area contributed by atoms with Crippen LogP contribution in [0.4, 0.5) is 0 Å². The number of nitrogens with one attached hydrogen (secondary N) is 2. The first-order valence-electron chi connectivity index (χ1n) is 7.11. The van der Waals surface area contributed by atoms with Gasteiger partial charge in [-0.25, -0.2) is 0 Å². The van der Waals surface area contributed by atoms with E-state index in [0.717, 1.165) is 32.1 Å². The molecule has 0 aromatic carbocycles. The summed E-state index contributed by atoms with van der Waals surface area (Å²) >= 11 is 0. The molecule has 1 fully saturated rings. The van der Waals surface area contributed by atoms with Crippen molar-refractivity contribution in [2.75, 3.05) is 45.8 Å². The zero-order valence-corrected chi connectivity index (χ0v) is 12.2. The van der Waals surface area contributed by atoms with Gasteiger partial charge in [-0.2, -0.15) is 0 Å². The van der Waals surface area contributed by atoms with E-state index in [0.29, 0.717) is 5.41 Å². The van der Waals surface area contributed by atoms with E-state index in [-0.39, 0.29) is 0 Å². The Kier molecular flexibility index (Phi) is 6.45. The van der Waals surface area contributed by atoms with E-state index in [1.165, 1.54) is 26.1 Å². The molecule has 1 aliphatic heterocycles. The van der Waals surface area contributed by atoms with Gasteiger partial charge in [0.15, 0.2) is 0 Å². The molecule has 0 amide bonds. The number of nitrogens with zero attached hydrogens (tertiary/aromatic N) is 1. The van der Waals surface area contributed by atoms with Crippen molar-refractivity contribution >= 4 is 0 Å². The van der Waals surface area contributed by atoms with Crippen molar-refractivity contribution in [3.05, 3.63) is 0 Å². The van der Waals surface area contributed by atoms with Gasteiger partial charge in [0.2, 0.25) is 0 Å². The van der Waals surface area contributed by atoms with E-state index in [1.807, 2.05) is 0 Å². The summed E-state index contributed by atoms with van der Waals surface area (Å²) in [5.74, 6) is 0.757. The lowest BCUT2D eigenvalue weighted by atomic mass is 9.92. The minimum absolute atomic E-state index is 0.453. The first kappa shape index (κ1) is 14.9. The second-order valence-electron chi connectivity index (χ2n) is 6.67. The Balaban J connectivity index is 2.02. The summed E-state index contributed by atoms with van der Waals surface area (Å²) in [5, 5.41) is 6.99. The van der Waals surface area contributed by atoms with Crippen LogP contribution in [0.3, 0.4) is 0 Å². The van der Waals surface area contributed by atoms with Crippen LogP contribution in [0.5, 0.6) is 0 Å². The maximum Gasteiger partial charge on any atom is 0.0107 e. The molecule has 1 rings (SSSR count). The van der Waals surface area contributed by atoms with E-state index in [1.54, 1.807) is 0 Å². The van der Waals surface area contributed by atoms with E-state index < -0.39 is 0 Å². The van der Waals surface area contributed by atoms with E-state index >= 15 is 0 Å². The van der Waals surface area contributed by atoms with Crippen molar-refractivity contribution in [3.63, 3.8) is 0 Å². The smallest absolute Gasteiger partial charge is 0.0107 e. The fourth-order valence-corrected chi connectivity index (χ4v) is 2.21. The van der Waals surface area contributed by atoms with Crippen LogP contribution in [-0.2, 0) is 0 Å². The Bertz CT molecular complexity index is 192. The Morgan fingerprint density at radius 3 is 2.47 bits per heavy atom. The molecule has 1 atom stereocenters. The molecule has 1 unspecified atom stereocenters. The minimum Gasteiger partial charge on any atom is -0.316 e. The largest absolute Gasteiger partial charge is 0.316 e. The van der Waals surface area contributed by atoms with Gasteiger partial charge >= 0.3 is 0 Å². The van der Waals surface area contributed by atoms with Gasteiger partial charge in [-0.3, -0.25) is 0 Å². The number of rotatable bonds is 6. The molecule has 3 nitrogen and oxygen atoms in total. The Hall–Kier alpha value is -0.120. The Morgan fingerprint density at radius 2 is 1.88 bits per heavy atom. The monoisotopic (exact) mass is 241 g/mol. The molecular weight excluding hydrogens is 210 g/mol. The molecule has 0 bridgehead atoms. The van der Waals surface area contributed by atoms with Gasteiger partial charge < -0.3 is 15.5 Å². The summed E-state index contributed by atoms with van der Waals surface area (Å²) < 4.78 is 0. The van der Waals surface area contributed by atoms with Crippen molar-refractivity contribution < 1.29 is 0 Å². The maximum atomic E-state index is 3.59. The van der Waals surface area contributed by atoms with Gasteiger partial charge in [-0.15, -0.1) is 0 Å². The first-order chi connectivity index (χ1) is 7.97. The van der Waals surface area contributed by atoms with Crippen LogP contribution < -0.4 is 10.6 Å². The Labute approximate surface area is 107 Å². The predicted octanol–water partition coefficient (Wildman–Crippen LogP) is 1.55. The highest BCUT2D eigenvalue weighted by Gasteiger charge is 2.13. The molecule has 1 heterocycles. The third kappa shape index (κ3) is 7.74. The lowest BCUT2D eigenvalue weighted by Gasteiger charge is -2.29. The topological polar surface area (TPSA) is 27.3 Å². The van der Waals surface area contributed by atoms with E-state index in [2.05, 4.69) is 43.2 Å². The third-order valence-electron chi connectivity index (χ3n) is 3.32. The maximum absolute atomic E-state index is 3.59. The molecule has 0 radical (unpaired) electrons. The molecule has 17 heavy (non-hydrogen) atoms. The summed E-state index contributed by atoms with van der Waals surface area (Å²) in [7, 11) is 0. The summed E-state index contributed by atoms with van der Waals surface area (Å²) in [5.41, 5.74) is 0.453. The molecule has 0 aromatic heterocycles. The molecule has 1 aliphatic rings. The molecule has 3 heteroatoms. The van der Waals surface area contributed by atoms with E-state index in [9.17, 15) is 0 Å². The second kappa shape index (κ2) is 7.34. The molecular formula is C14H31N3. The average Bonchev–Trinajstić information content (AvgIpc) is 2.25. The van der Waals surface area contributed by atoms with Crippen LogP contribution >= 0.6 is 0 Å². The van der Waals surface area contributed by atoms with Crippen LogP contribution in [0, 0.1) is 11.3 Å². The third-order valence-corrected chi connectivity index (χ3v) is 3.32. The predicted molar refractivity (Wildman–Crippen MR) is 75.4 cm³/mol. The van der Waals surface area contributed by atoms with E-state index in [4.69, 9.17) is 0 Å². The normalized spacial score (nSPS) is 20.5. The highest BCUT2D eigenvalue weighted by Crippen LogP contribution is 2.16. The first-order valence-corrected chi connectivity index (χ1v) is 7.11. The van der Waals surface area contributed by atoms with Crippen LogP contribution in [0.15, 0.2) is 0 Å². The highest BCUT2D eigenvalue weighted by atomic mass is 15.2. The van der Waals surface area contributed by atoms with Crippen molar-refractivity contribution in [3.8, 4) is 0 Å². The zero-order chi connectivity index (χ0) is 12.7. The van der Waals surface area contributed by atoms with Crippen molar-refractivity contribution in [2.24, 2.45) is 11.3 Å². The fraction of sp³-hybridized carbons (Fsp3) is 1.00. The van der Waals surface area contributed by atoms with Crippen LogP contribution in [0.2, 0.25) is 0 Å². The van der Waals surface area contributed by atoms with Crippen molar-refractivity contribution in [1.82, 2.24) is 15.5 Å². The molecule has 1 saturated heterocycles. The highest BCUT2D eigenvalue weighted by molar-refractivity contribution is 4.71. The molecule has 0 aromatic rings. The summed E-state index contributed by atoms with van der Waals surface area (Å²) in [6.45, 7) is 17.6.